The van der Waals surface area contributed by atoms with Crippen molar-refractivity contribution in [2.24, 2.45) is 0 Å². The summed E-state index contributed by atoms with van der Waals surface area (Å²) in [6.45, 7) is 0. The molecule has 7 heteroatoms. The minimum absolute atomic E-state index is 0.0807. The molecule has 0 aliphatic carbocycles. The average molecular weight is 301 g/mol. The molecular weight excluding hydrogens is 282 g/mol. The lowest BCUT2D eigenvalue weighted by atomic mass is 10.2. The Bertz CT molecular complexity index is 559. The number of hydrogen-bond donors (Lipinski definition) is 1. The molecule has 0 saturated carbocycles. The maximum atomic E-state index is 11.5. The van der Waals surface area contributed by atoms with E-state index in [-0.39, 0.29) is 17.5 Å². The SMILES string of the molecule is COc1cc(NC2CCS(=O)(=O)C2)cc(OC)c1OC. The Balaban J connectivity index is 2.24. The van der Waals surface area contributed by atoms with Gasteiger partial charge in [-0.1, -0.05) is 0 Å². The van der Waals surface area contributed by atoms with Gasteiger partial charge in [0.25, 0.3) is 0 Å². The first-order valence-electron chi connectivity index (χ1n) is 6.26. The van der Waals surface area contributed by atoms with Crippen molar-refractivity contribution >= 4 is 15.5 Å². The van der Waals surface area contributed by atoms with Crippen molar-refractivity contribution < 1.29 is 22.6 Å². The van der Waals surface area contributed by atoms with Crippen LogP contribution in [0.2, 0.25) is 0 Å². The average Bonchev–Trinajstić information content (AvgIpc) is 2.76. The van der Waals surface area contributed by atoms with Crippen LogP contribution in [0.4, 0.5) is 5.69 Å². The first-order valence-corrected chi connectivity index (χ1v) is 8.08. The monoisotopic (exact) mass is 301 g/mol. The van der Waals surface area contributed by atoms with Gasteiger partial charge in [0.2, 0.25) is 5.75 Å². The van der Waals surface area contributed by atoms with E-state index in [1.165, 1.54) is 7.11 Å². The Hall–Kier alpha value is -1.63. The molecule has 0 spiro atoms. The van der Waals surface area contributed by atoms with Gasteiger partial charge in [-0.25, -0.2) is 8.42 Å². The highest BCUT2D eigenvalue weighted by Gasteiger charge is 2.28. The Morgan fingerprint density at radius 3 is 2.10 bits per heavy atom. The van der Waals surface area contributed by atoms with Gasteiger partial charge >= 0.3 is 0 Å². The van der Waals surface area contributed by atoms with Crippen LogP contribution in [0.1, 0.15) is 6.42 Å². The Kier molecular flexibility index (Phi) is 4.27. The van der Waals surface area contributed by atoms with Gasteiger partial charge in [0.1, 0.15) is 0 Å². The summed E-state index contributed by atoms with van der Waals surface area (Å²) in [5, 5.41) is 3.20. The first kappa shape index (κ1) is 14.8. The molecule has 2 rings (SSSR count). The molecule has 1 N–H and O–H groups in total. The van der Waals surface area contributed by atoms with Gasteiger partial charge in [0, 0.05) is 23.9 Å². The van der Waals surface area contributed by atoms with Crippen LogP contribution < -0.4 is 19.5 Å². The van der Waals surface area contributed by atoms with Crippen molar-refractivity contribution in [1.82, 2.24) is 0 Å². The molecule has 0 amide bonds. The van der Waals surface area contributed by atoms with Crippen LogP contribution >= 0.6 is 0 Å². The molecule has 112 valence electrons. The van der Waals surface area contributed by atoms with Crippen molar-refractivity contribution in [3.05, 3.63) is 12.1 Å². The summed E-state index contributed by atoms with van der Waals surface area (Å²) in [7, 11) is 1.71. The Morgan fingerprint density at radius 1 is 1.10 bits per heavy atom. The lowest BCUT2D eigenvalue weighted by Crippen LogP contribution is -2.20. The largest absolute Gasteiger partial charge is 0.493 e. The van der Waals surface area contributed by atoms with Crippen LogP contribution in [0.15, 0.2) is 12.1 Å². The predicted molar refractivity (Wildman–Crippen MR) is 76.8 cm³/mol. The van der Waals surface area contributed by atoms with Gasteiger partial charge in [-0.05, 0) is 6.42 Å². The lowest BCUT2D eigenvalue weighted by Gasteiger charge is -2.17. The third-order valence-electron chi connectivity index (χ3n) is 3.27. The third-order valence-corrected chi connectivity index (χ3v) is 5.04. The fraction of sp³-hybridized carbons (Fsp3) is 0.538. The lowest BCUT2D eigenvalue weighted by molar-refractivity contribution is 0.324. The zero-order chi connectivity index (χ0) is 14.8. The number of nitrogens with one attached hydrogen (secondary N) is 1. The molecule has 1 saturated heterocycles. The minimum Gasteiger partial charge on any atom is -0.493 e. The summed E-state index contributed by atoms with van der Waals surface area (Å²) in [4.78, 5) is 0. The normalized spacial score (nSPS) is 20.4. The topological polar surface area (TPSA) is 73.9 Å². The zero-order valence-electron chi connectivity index (χ0n) is 11.8. The molecule has 1 aliphatic heterocycles. The van der Waals surface area contributed by atoms with E-state index in [0.29, 0.717) is 23.7 Å². The van der Waals surface area contributed by atoms with Gasteiger partial charge in [-0.3, -0.25) is 0 Å². The molecule has 1 aromatic carbocycles. The van der Waals surface area contributed by atoms with E-state index in [9.17, 15) is 8.42 Å². The fourth-order valence-electron chi connectivity index (χ4n) is 2.31. The van der Waals surface area contributed by atoms with Crippen LogP contribution in [0, 0.1) is 0 Å². The highest BCUT2D eigenvalue weighted by Crippen LogP contribution is 2.40. The summed E-state index contributed by atoms with van der Waals surface area (Å²) in [5.74, 6) is 1.98. The molecular formula is C13H19NO5S. The third kappa shape index (κ3) is 3.09. The summed E-state index contributed by atoms with van der Waals surface area (Å²) in [6.07, 6.45) is 0.610. The van der Waals surface area contributed by atoms with Crippen LogP contribution in [0.3, 0.4) is 0 Å². The number of hydrogen-bond acceptors (Lipinski definition) is 6. The van der Waals surface area contributed by atoms with Gasteiger partial charge in [0.05, 0.1) is 32.8 Å². The highest BCUT2D eigenvalue weighted by atomic mass is 32.2. The summed E-state index contributed by atoms with van der Waals surface area (Å²) in [6, 6.07) is 3.46. The molecule has 1 unspecified atom stereocenters. The van der Waals surface area contributed by atoms with E-state index < -0.39 is 9.84 Å². The summed E-state index contributed by atoms with van der Waals surface area (Å²) < 4.78 is 38.7. The maximum Gasteiger partial charge on any atom is 0.203 e. The van der Waals surface area contributed by atoms with Crippen molar-refractivity contribution in [1.29, 1.82) is 0 Å². The first-order chi connectivity index (χ1) is 9.49. The van der Waals surface area contributed by atoms with E-state index in [2.05, 4.69) is 5.32 Å². The molecule has 0 radical (unpaired) electrons. The summed E-state index contributed by atoms with van der Waals surface area (Å²) in [5.41, 5.74) is 0.751. The smallest absolute Gasteiger partial charge is 0.203 e. The standard InChI is InChI=1S/C13H19NO5S/c1-17-11-6-10(7-12(18-2)13(11)19-3)14-9-4-5-20(15,16)8-9/h6-7,9,14H,4-5,8H2,1-3H3. The van der Waals surface area contributed by atoms with Crippen LogP contribution in [-0.2, 0) is 9.84 Å². The molecule has 1 fully saturated rings. The maximum absolute atomic E-state index is 11.5. The van der Waals surface area contributed by atoms with Crippen LogP contribution in [0.25, 0.3) is 0 Å². The molecule has 0 aromatic heterocycles. The quantitative estimate of drug-likeness (QED) is 0.884. The van der Waals surface area contributed by atoms with Crippen molar-refractivity contribution in [2.45, 2.75) is 12.5 Å². The second-order valence-corrected chi connectivity index (χ2v) is 6.89. The molecule has 6 nitrogen and oxygen atoms in total. The number of methoxy groups -OCH3 is 3. The van der Waals surface area contributed by atoms with Crippen molar-refractivity contribution in [2.75, 3.05) is 38.2 Å². The van der Waals surface area contributed by atoms with Gasteiger partial charge in [-0.2, -0.15) is 0 Å². The number of benzene rings is 1. The Labute approximate surface area is 118 Å². The second-order valence-electron chi connectivity index (χ2n) is 4.66. The van der Waals surface area contributed by atoms with Crippen LogP contribution in [-0.4, -0.2) is 47.3 Å². The fourth-order valence-corrected chi connectivity index (χ4v) is 3.98. The van der Waals surface area contributed by atoms with Crippen molar-refractivity contribution in [3.8, 4) is 17.2 Å². The molecule has 0 bridgehead atoms. The minimum atomic E-state index is -2.91. The number of ether oxygens (including phenoxy) is 3. The summed E-state index contributed by atoms with van der Waals surface area (Å²) >= 11 is 0. The molecule has 1 aromatic rings. The number of rotatable bonds is 5. The number of anilines is 1. The van der Waals surface area contributed by atoms with E-state index in [4.69, 9.17) is 14.2 Å². The predicted octanol–water partition coefficient (Wildman–Crippen LogP) is 1.31. The molecule has 20 heavy (non-hydrogen) atoms. The van der Waals surface area contributed by atoms with E-state index >= 15 is 0 Å². The molecule has 1 atom stereocenters. The van der Waals surface area contributed by atoms with Crippen LogP contribution in [0.5, 0.6) is 17.2 Å². The van der Waals surface area contributed by atoms with E-state index in [0.717, 1.165) is 5.69 Å². The van der Waals surface area contributed by atoms with Gasteiger partial charge in [-0.15, -0.1) is 0 Å². The van der Waals surface area contributed by atoms with Gasteiger partial charge < -0.3 is 19.5 Å². The van der Waals surface area contributed by atoms with Gasteiger partial charge in [0.15, 0.2) is 21.3 Å². The molecule has 1 heterocycles. The highest BCUT2D eigenvalue weighted by molar-refractivity contribution is 7.91. The molecule has 1 aliphatic rings. The van der Waals surface area contributed by atoms with E-state index in [1.807, 2.05) is 0 Å². The second kappa shape index (κ2) is 5.78. The van der Waals surface area contributed by atoms with E-state index in [1.54, 1.807) is 26.4 Å². The number of sulfone groups is 1. The zero-order valence-corrected chi connectivity index (χ0v) is 12.6. The van der Waals surface area contributed by atoms with Crippen molar-refractivity contribution in [3.63, 3.8) is 0 Å². The Morgan fingerprint density at radius 2 is 1.70 bits per heavy atom.